The molecule has 0 bridgehead atoms. The summed E-state index contributed by atoms with van der Waals surface area (Å²) in [6.07, 6.45) is 2.52. The van der Waals surface area contributed by atoms with Crippen LogP contribution in [0.3, 0.4) is 0 Å². The maximum absolute atomic E-state index is 11.7. The molecular formula is C13H16ClNO3. The Hall–Kier alpha value is -1.10. The van der Waals surface area contributed by atoms with Crippen molar-refractivity contribution in [3.05, 3.63) is 34.9 Å². The van der Waals surface area contributed by atoms with Gasteiger partial charge in [-0.1, -0.05) is 23.7 Å². The zero-order valence-corrected chi connectivity index (χ0v) is 10.7. The molecule has 98 valence electrons. The molecule has 5 heteroatoms. The number of carbonyl (C=O) groups is 1. The number of aliphatic hydroxyl groups excluding tert-OH is 1. The molecule has 2 rings (SSSR count). The minimum atomic E-state index is -0.544. The molecule has 1 unspecified atom stereocenters. The Labute approximate surface area is 111 Å². The molecule has 0 radical (unpaired) electrons. The number of hydrogen-bond donors (Lipinski definition) is 2. The number of rotatable bonds is 6. The third-order valence-electron chi connectivity index (χ3n) is 2.85. The minimum Gasteiger partial charge on any atom is -0.395 e. The third kappa shape index (κ3) is 3.98. The van der Waals surface area contributed by atoms with Gasteiger partial charge in [-0.15, -0.1) is 0 Å². The van der Waals surface area contributed by atoms with E-state index in [0.717, 1.165) is 18.4 Å². The maximum atomic E-state index is 11.7. The van der Waals surface area contributed by atoms with Crippen molar-refractivity contribution >= 4 is 17.6 Å². The highest BCUT2D eigenvalue weighted by atomic mass is 35.5. The predicted molar refractivity (Wildman–Crippen MR) is 68.0 cm³/mol. The molecule has 4 nitrogen and oxygen atoms in total. The second-order valence-corrected chi connectivity index (χ2v) is 4.96. The van der Waals surface area contributed by atoms with Crippen LogP contribution in [0.4, 0.5) is 0 Å². The smallest absolute Gasteiger partial charge is 0.330 e. The Kier molecular flexibility index (Phi) is 4.58. The Morgan fingerprint density at radius 1 is 1.44 bits per heavy atom. The topological polar surface area (TPSA) is 58.6 Å². The van der Waals surface area contributed by atoms with Crippen molar-refractivity contribution in [3.63, 3.8) is 0 Å². The molecule has 1 aromatic rings. The molecule has 1 saturated carbocycles. The molecular weight excluding hydrogens is 254 g/mol. The Morgan fingerprint density at radius 2 is 2.11 bits per heavy atom. The number of aliphatic hydroxyl groups is 1. The molecule has 1 aromatic carbocycles. The molecule has 0 aromatic heterocycles. The van der Waals surface area contributed by atoms with E-state index in [1.807, 2.05) is 12.1 Å². The van der Waals surface area contributed by atoms with E-state index in [9.17, 15) is 9.90 Å². The summed E-state index contributed by atoms with van der Waals surface area (Å²) in [5.41, 5.74) is 3.63. The average Bonchev–Trinajstić information content (AvgIpc) is 3.19. The van der Waals surface area contributed by atoms with Crippen LogP contribution in [0.2, 0.25) is 5.02 Å². The second-order valence-electron chi connectivity index (χ2n) is 4.52. The van der Waals surface area contributed by atoms with E-state index in [0.29, 0.717) is 17.5 Å². The van der Waals surface area contributed by atoms with Gasteiger partial charge in [0.05, 0.1) is 12.5 Å². The highest BCUT2D eigenvalue weighted by Gasteiger charge is 2.25. The number of nitrogens with one attached hydrogen (secondary N) is 1. The van der Waals surface area contributed by atoms with Crippen molar-refractivity contribution in [2.45, 2.75) is 25.3 Å². The molecule has 1 aliphatic carbocycles. The summed E-state index contributed by atoms with van der Waals surface area (Å²) >= 11 is 5.79. The van der Waals surface area contributed by atoms with E-state index in [-0.39, 0.29) is 6.61 Å². The summed E-state index contributed by atoms with van der Waals surface area (Å²) in [5, 5.41) is 9.89. The van der Waals surface area contributed by atoms with Crippen LogP contribution >= 0.6 is 11.6 Å². The summed E-state index contributed by atoms with van der Waals surface area (Å²) in [6.45, 7) is -0.228. The van der Waals surface area contributed by atoms with Gasteiger partial charge in [-0.2, -0.15) is 5.48 Å². The predicted octanol–water partition coefficient (Wildman–Crippen LogP) is 1.70. The van der Waals surface area contributed by atoms with E-state index in [1.165, 1.54) is 0 Å². The van der Waals surface area contributed by atoms with Crippen LogP contribution in [0.15, 0.2) is 24.3 Å². The van der Waals surface area contributed by atoms with E-state index in [2.05, 4.69) is 5.48 Å². The molecule has 1 fully saturated rings. The Morgan fingerprint density at radius 3 is 2.67 bits per heavy atom. The largest absolute Gasteiger partial charge is 0.395 e. The van der Waals surface area contributed by atoms with Gasteiger partial charge < -0.3 is 9.94 Å². The molecule has 0 heterocycles. The Balaban J connectivity index is 1.86. The standard InChI is InChI=1S/C13H16ClNO3/c14-11-3-1-9(2-4-11)7-10(8-16)13(17)18-15-12-5-6-12/h1-4,10,12,15-16H,5-8H2. The summed E-state index contributed by atoms with van der Waals surface area (Å²) in [4.78, 5) is 16.6. The number of carbonyl (C=O) groups excluding carboxylic acids is 1. The van der Waals surface area contributed by atoms with Gasteiger partial charge in [-0.3, -0.25) is 0 Å². The lowest BCUT2D eigenvalue weighted by Gasteiger charge is -2.13. The zero-order chi connectivity index (χ0) is 13.0. The normalized spacial score (nSPS) is 16.3. The van der Waals surface area contributed by atoms with Crippen LogP contribution in [0, 0.1) is 5.92 Å². The van der Waals surface area contributed by atoms with Gasteiger partial charge in [0.1, 0.15) is 0 Å². The average molecular weight is 270 g/mol. The summed E-state index contributed by atoms with van der Waals surface area (Å²) in [5.74, 6) is -0.961. The molecule has 18 heavy (non-hydrogen) atoms. The lowest BCUT2D eigenvalue weighted by molar-refractivity contribution is -0.158. The van der Waals surface area contributed by atoms with Gasteiger partial charge in [0.15, 0.2) is 0 Å². The molecule has 0 amide bonds. The van der Waals surface area contributed by atoms with Crippen molar-refractivity contribution in [2.24, 2.45) is 5.92 Å². The molecule has 2 N–H and O–H groups in total. The fraction of sp³-hybridized carbons (Fsp3) is 0.462. The molecule has 0 saturated heterocycles. The number of hydroxylamine groups is 1. The van der Waals surface area contributed by atoms with Gasteiger partial charge in [0, 0.05) is 11.1 Å². The molecule has 1 atom stereocenters. The maximum Gasteiger partial charge on any atom is 0.330 e. The quantitative estimate of drug-likeness (QED) is 0.772. The number of halogens is 1. The van der Waals surface area contributed by atoms with Crippen molar-refractivity contribution in [1.82, 2.24) is 5.48 Å². The summed E-state index contributed by atoms with van der Waals surface area (Å²) < 4.78 is 0. The van der Waals surface area contributed by atoms with Crippen LogP contribution in [0.1, 0.15) is 18.4 Å². The SMILES string of the molecule is O=C(ONC1CC1)C(CO)Cc1ccc(Cl)cc1. The van der Waals surface area contributed by atoms with Crippen LogP contribution in [-0.4, -0.2) is 23.7 Å². The highest BCUT2D eigenvalue weighted by molar-refractivity contribution is 6.30. The van der Waals surface area contributed by atoms with E-state index in [4.69, 9.17) is 16.4 Å². The van der Waals surface area contributed by atoms with Crippen molar-refractivity contribution in [2.75, 3.05) is 6.61 Å². The van der Waals surface area contributed by atoms with Crippen molar-refractivity contribution in [3.8, 4) is 0 Å². The Bertz CT molecular complexity index is 403. The van der Waals surface area contributed by atoms with Gasteiger partial charge in [0.25, 0.3) is 0 Å². The van der Waals surface area contributed by atoms with Crippen molar-refractivity contribution < 1.29 is 14.7 Å². The summed E-state index contributed by atoms with van der Waals surface area (Å²) in [7, 11) is 0. The first-order valence-corrected chi connectivity index (χ1v) is 6.38. The van der Waals surface area contributed by atoms with Crippen LogP contribution in [-0.2, 0) is 16.1 Å². The first kappa shape index (κ1) is 13.3. The first-order valence-electron chi connectivity index (χ1n) is 6.00. The van der Waals surface area contributed by atoms with Gasteiger partial charge >= 0.3 is 5.97 Å². The van der Waals surface area contributed by atoms with E-state index < -0.39 is 11.9 Å². The fourth-order valence-electron chi connectivity index (χ4n) is 1.55. The van der Waals surface area contributed by atoms with Crippen molar-refractivity contribution in [1.29, 1.82) is 0 Å². The lowest BCUT2D eigenvalue weighted by Crippen LogP contribution is -2.30. The van der Waals surface area contributed by atoms with Gasteiger partial charge in [-0.05, 0) is 37.0 Å². The number of hydrogen-bond acceptors (Lipinski definition) is 4. The van der Waals surface area contributed by atoms with Crippen LogP contribution in [0.5, 0.6) is 0 Å². The molecule has 1 aliphatic rings. The third-order valence-corrected chi connectivity index (χ3v) is 3.10. The zero-order valence-electron chi connectivity index (χ0n) is 9.93. The first-order chi connectivity index (χ1) is 8.69. The lowest BCUT2D eigenvalue weighted by atomic mass is 10.0. The summed E-state index contributed by atoms with van der Waals surface area (Å²) in [6, 6.07) is 7.50. The molecule has 0 aliphatic heterocycles. The van der Waals surface area contributed by atoms with Gasteiger partial charge in [0.2, 0.25) is 0 Å². The number of benzene rings is 1. The fourth-order valence-corrected chi connectivity index (χ4v) is 1.68. The minimum absolute atomic E-state index is 0.228. The molecule has 0 spiro atoms. The monoisotopic (exact) mass is 269 g/mol. The second kappa shape index (κ2) is 6.18. The highest BCUT2D eigenvalue weighted by Crippen LogP contribution is 2.19. The van der Waals surface area contributed by atoms with E-state index >= 15 is 0 Å². The van der Waals surface area contributed by atoms with Crippen LogP contribution < -0.4 is 5.48 Å². The van der Waals surface area contributed by atoms with Crippen LogP contribution in [0.25, 0.3) is 0 Å². The van der Waals surface area contributed by atoms with Gasteiger partial charge in [-0.25, -0.2) is 4.79 Å². The van der Waals surface area contributed by atoms with E-state index in [1.54, 1.807) is 12.1 Å².